The van der Waals surface area contributed by atoms with Crippen molar-refractivity contribution in [1.82, 2.24) is 25.3 Å². The second-order valence-corrected chi connectivity index (χ2v) is 35.5. The molecule has 5 fully saturated rings. The van der Waals surface area contributed by atoms with Gasteiger partial charge in [0.05, 0.1) is 63.7 Å². The lowest BCUT2D eigenvalue weighted by molar-refractivity contribution is -0.461. The van der Waals surface area contributed by atoms with E-state index in [4.69, 9.17) is 49.8 Å². The van der Waals surface area contributed by atoms with Gasteiger partial charge in [0.25, 0.3) is 0 Å². The van der Waals surface area contributed by atoms with E-state index in [0.29, 0.717) is 54.6 Å². The van der Waals surface area contributed by atoms with Crippen LogP contribution in [0.5, 0.6) is 34.5 Å². The number of nitrogens with two attached hydrogens (primary N) is 1. The highest BCUT2D eigenvalue weighted by atomic mass is 35.5. The molecule has 0 bridgehead atoms. The highest BCUT2D eigenvalue weighted by Crippen LogP contribution is 2.56. The van der Waals surface area contributed by atoms with E-state index < -0.39 is 62.4 Å². The van der Waals surface area contributed by atoms with E-state index in [-0.39, 0.29) is 59.9 Å². The van der Waals surface area contributed by atoms with Crippen LogP contribution in [0.15, 0.2) is 236 Å². The second kappa shape index (κ2) is 42.5. The molecule has 8 aliphatic rings. The quantitative estimate of drug-likeness (QED) is 0.0208. The first-order valence-corrected chi connectivity index (χ1v) is 45.8. The number of rotatable bonds is 22. The Bertz CT molecular complexity index is 6280. The fourth-order valence-corrected chi connectivity index (χ4v) is 17.0. The topological polar surface area (TPSA) is 370 Å². The molecule has 4 aliphatic heterocycles. The van der Waals surface area contributed by atoms with Crippen LogP contribution in [-0.4, -0.2) is 114 Å². The van der Waals surface area contributed by atoms with Crippen molar-refractivity contribution in [2.45, 2.75) is 169 Å². The normalized spacial score (nSPS) is 16.9. The minimum Gasteiger partial charge on any atom is -0.773 e. The van der Waals surface area contributed by atoms with Crippen molar-refractivity contribution in [2.24, 2.45) is 5.73 Å². The van der Waals surface area contributed by atoms with Gasteiger partial charge in [-0.25, -0.2) is 14.7 Å². The fourth-order valence-electron chi connectivity index (χ4n) is 16.7. The number of pyridine rings is 4. The lowest BCUT2D eigenvalue weighted by Gasteiger charge is -2.31. The van der Waals surface area contributed by atoms with Gasteiger partial charge in [-0.2, -0.15) is 8.78 Å². The Morgan fingerprint density at radius 2 is 1.05 bits per heavy atom. The number of thiol groups is 1. The van der Waals surface area contributed by atoms with E-state index in [9.17, 15) is 41.8 Å². The van der Waals surface area contributed by atoms with Gasteiger partial charge < -0.3 is 70.7 Å². The van der Waals surface area contributed by atoms with Crippen molar-refractivity contribution in [3.8, 4) is 79.3 Å². The largest absolute Gasteiger partial charge is 0.773 e. The maximum atomic E-state index is 14.2. The molecule has 1 saturated heterocycles. The number of amides is 2. The SMILES string of the molecule is CC[C@H]1CCCN1.COc1ccc(C2(C(=O)Nc3cccc(-c4ccc(CN)cc4)n3)CC2)cc1.CS(=O)[O-].Cc1c(-c2ccc(CO)cc2)cnc(CC(=O)C2(c3ccc4c(c3)OCO4)CC2)c1C.Cc1cc(-c2cccc(Cl)c2)cnc1CC(=O)C1(c2ccc3c(c2)OCO3)CC1.O.O.O=C(Nc1cccc(-c2ccc(S)cc2)n1)C1(c2ccc3c(c2)C(F)(F)OC(F)(F)O3)CC1.[HH].[HH].[HH].[HH]. The summed E-state index contributed by atoms with van der Waals surface area (Å²) in [5, 5.41) is 19.1. The maximum Gasteiger partial charge on any atom is 0.540 e. The van der Waals surface area contributed by atoms with Crippen LogP contribution in [0.4, 0.5) is 29.2 Å². The zero-order valence-electron chi connectivity index (χ0n) is 74.6. The van der Waals surface area contributed by atoms with E-state index in [0.717, 1.165) is 192 Å². The maximum absolute atomic E-state index is 14.2. The third kappa shape index (κ3) is 23.0. The molecule has 708 valence electrons. The van der Waals surface area contributed by atoms with Gasteiger partial charge in [-0.15, -0.1) is 21.4 Å². The minimum absolute atomic E-state index is 0. The molecule has 8 heterocycles. The summed E-state index contributed by atoms with van der Waals surface area (Å²) in [6.07, 6.45) is 6.74. The number of nitrogens with one attached hydrogen (secondary N) is 3. The number of hydrogen-bond donors (Lipinski definition) is 6. The van der Waals surface area contributed by atoms with Gasteiger partial charge in [-0.3, -0.25) is 33.4 Å². The first kappa shape index (κ1) is 99.2. The number of aromatic nitrogens is 4. The number of ketones is 2. The summed E-state index contributed by atoms with van der Waals surface area (Å²) in [6.45, 7) is 10.6. The predicted molar refractivity (Wildman–Crippen MR) is 514 cm³/mol. The zero-order chi connectivity index (χ0) is 93.3. The summed E-state index contributed by atoms with van der Waals surface area (Å²) < 4.78 is 108. The van der Waals surface area contributed by atoms with Gasteiger partial charge in [-0.1, -0.05) is 145 Å². The lowest BCUT2D eigenvalue weighted by Crippen LogP contribution is -2.41. The standard InChI is InChI=1S/C26H25NO4.C24H20ClNO3.C23H16F4N2O3S.C23H23N3O2.C6H13N.CH4O2S.2H2O.4H2/c1-16-17(2)22(27-13-21(16)19-5-3-18(14-28)4-6-19)12-25(29)26(9-10-26)20-7-8-23-24(11-20)31-15-30-23;1-15-9-17(16-3-2-4-19(25)10-16)13-26-20(15)12-23(27)24(7-8-24)18-5-6-21-22(11-18)29-14-28-21;24-22(25)16-12-14(6-9-18(16)31-23(26,27)32-22)21(10-11-21)20(30)29-19-3-1-2-17(28-19)13-4-7-15(33)8-5-13;1-28-19-11-9-18(10-12-19)23(13-14-23)22(27)26-21-4-2-3-20(25-21)17-7-5-16(15-24)6-8-17;1-2-6-4-3-5-7-6;1-4(2)3;;;;;;/h3-8,11,13,28H,9-10,12,14-15H2,1-2H3;2-6,9-11,13H,7-8,12,14H2,1H3;1-9,12,33H,10-11H2,(H,28,29,30);2-12H,13-15,24H2,1H3,(H,25,26,27);6-7H,2-5H2,1H3;1H3,(H,2,3);2*1H2;4*1H/p-1/t;;;;6-;;;;;;;/m....0......./s1. The molecular formula is C103H112ClF4N8O16S2-. The van der Waals surface area contributed by atoms with E-state index in [1.165, 1.54) is 31.9 Å². The molecule has 24 nitrogen and oxygen atoms in total. The number of benzene rings is 8. The number of methoxy groups -OCH3 is 1. The molecule has 134 heavy (non-hydrogen) atoms. The van der Waals surface area contributed by atoms with Crippen molar-refractivity contribution >= 4 is 70.3 Å². The molecule has 4 aromatic heterocycles. The average molecular weight is 1890 g/mol. The molecule has 10 N–H and O–H groups in total. The number of carbonyl (C=O) groups is 4. The summed E-state index contributed by atoms with van der Waals surface area (Å²) >= 11 is 8.50. The van der Waals surface area contributed by atoms with Gasteiger partial charge in [0.15, 0.2) is 23.0 Å². The van der Waals surface area contributed by atoms with Gasteiger partial charge in [0.1, 0.15) is 34.7 Å². The molecule has 8 aromatic carbocycles. The minimum atomic E-state index is -4.45. The molecule has 31 heteroatoms. The Balaban J connectivity index is 0.000000196. The molecule has 2 amide bonds. The molecule has 12 aromatic rings. The van der Waals surface area contributed by atoms with E-state index in [2.05, 4.69) is 77.9 Å². The molecule has 20 rings (SSSR count). The molecule has 1 unspecified atom stereocenters. The van der Waals surface area contributed by atoms with Crippen LogP contribution in [0, 0.1) is 20.8 Å². The van der Waals surface area contributed by atoms with Crippen LogP contribution in [0.25, 0.3) is 44.8 Å². The molecule has 0 radical (unpaired) electrons. The lowest BCUT2D eigenvalue weighted by atomic mass is 9.87. The van der Waals surface area contributed by atoms with Crippen LogP contribution < -0.4 is 50.1 Å². The number of hydrogen-bond acceptors (Lipinski definition) is 21. The smallest absolute Gasteiger partial charge is 0.540 e. The Morgan fingerprint density at radius 3 is 1.54 bits per heavy atom. The van der Waals surface area contributed by atoms with E-state index in [1.54, 1.807) is 25.3 Å². The summed E-state index contributed by atoms with van der Waals surface area (Å²) in [7, 11) is 1.64. The average Bonchev–Trinajstić information content (AvgIpc) is 1.69. The van der Waals surface area contributed by atoms with Crippen LogP contribution in [-0.2, 0) is 88.8 Å². The highest BCUT2D eigenvalue weighted by molar-refractivity contribution is 7.80. The Morgan fingerprint density at radius 1 is 0.575 bits per heavy atom. The molecule has 0 spiro atoms. The van der Waals surface area contributed by atoms with Crippen LogP contribution in [0.3, 0.4) is 0 Å². The summed E-state index contributed by atoms with van der Waals surface area (Å²) in [6, 6.07) is 67.3. The first-order chi connectivity index (χ1) is 63.4. The van der Waals surface area contributed by atoms with Gasteiger partial charge in [0, 0.05) is 75.7 Å². The van der Waals surface area contributed by atoms with Crippen molar-refractivity contribution in [2.75, 3.05) is 44.1 Å². The number of aliphatic hydroxyl groups excluding tert-OH is 1. The monoisotopic (exact) mass is 1890 g/mol. The van der Waals surface area contributed by atoms with Crippen LogP contribution >= 0.6 is 24.2 Å². The third-order valence-corrected chi connectivity index (χ3v) is 25.8. The van der Waals surface area contributed by atoms with Gasteiger partial charge in [-0.05, 0) is 269 Å². The van der Waals surface area contributed by atoms with Crippen LogP contribution in [0.1, 0.15) is 150 Å². The molecule has 4 saturated carbocycles. The number of fused-ring (bicyclic) bond motifs is 3. The number of halogens is 5. The summed E-state index contributed by atoms with van der Waals surface area (Å²) in [5.74, 6) is 3.86. The molecule has 4 aliphatic carbocycles. The highest BCUT2D eigenvalue weighted by Gasteiger charge is 2.58. The summed E-state index contributed by atoms with van der Waals surface area (Å²) in [5.41, 5.74) is 19.9. The number of anilines is 2. The number of alkyl halides is 4. The van der Waals surface area contributed by atoms with Crippen LogP contribution in [0.2, 0.25) is 5.02 Å². The van der Waals surface area contributed by atoms with E-state index in [1.807, 2.05) is 202 Å². The van der Waals surface area contributed by atoms with Crippen molar-refractivity contribution in [1.29, 1.82) is 0 Å². The van der Waals surface area contributed by atoms with Crippen molar-refractivity contribution in [3.05, 3.63) is 303 Å². The second-order valence-electron chi connectivity index (χ2n) is 33.8. The fraction of sp³-hybridized carbons (Fsp3) is 0.301. The third-order valence-electron chi connectivity index (χ3n) is 25.2. The number of aliphatic hydroxyl groups is 1. The zero-order valence-corrected chi connectivity index (χ0v) is 77.1. The Labute approximate surface area is 792 Å². The predicted octanol–water partition coefficient (Wildman–Crippen LogP) is 19.3. The Hall–Kier alpha value is -12.3. The van der Waals surface area contributed by atoms with Crippen molar-refractivity contribution in [3.63, 3.8) is 0 Å². The molecule has 2 atom stereocenters. The van der Waals surface area contributed by atoms with Gasteiger partial charge in [0.2, 0.25) is 25.4 Å². The van der Waals surface area contributed by atoms with Gasteiger partial charge >= 0.3 is 12.4 Å². The Kier molecular flexibility index (Phi) is 31.4. The number of ether oxygens (including phenoxy) is 7. The number of nitrogens with zero attached hydrogens (tertiary/aromatic N) is 4. The van der Waals surface area contributed by atoms with E-state index >= 15 is 0 Å². The van der Waals surface area contributed by atoms with Crippen molar-refractivity contribution < 1.29 is 100 Å². The number of aryl methyl sites for hydroxylation is 1. The summed E-state index contributed by atoms with van der Waals surface area (Å²) in [4.78, 5) is 71.8. The first-order valence-electron chi connectivity index (χ1n) is 43.5. The number of carbonyl (C=O) groups excluding carboxylic acids is 4. The number of Topliss-reactive ketones (excluding diaryl/α,β-unsaturated/α-hetero) is 2. The molecular weight excluding hydrogens is 1780 g/mol.